The summed E-state index contributed by atoms with van der Waals surface area (Å²) in [6.45, 7) is 4.31. The fourth-order valence-corrected chi connectivity index (χ4v) is 3.11. The predicted molar refractivity (Wildman–Crippen MR) is 64.3 cm³/mol. The number of thiophene rings is 1. The number of nitrogens with one attached hydrogen (secondary N) is 1. The maximum atomic E-state index is 9.73. The van der Waals surface area contributed by atoms with E-state index in [0.717, 1.165) is 19.3 Å². The van der Waals surface area contributed by atoms with Crippen LogP contribution in [0.4, 0.5) is 0 Å². The first kappa shape index (κ1) is 11.1. The van der Waals surface area contributed by atoms with E-state index < -0.39 is 0 Å². The molecule has 2 N–H and O–H groups in total. The van der Waals surface area contributed by atoms with Gasteiger partial charge in [0.2, 0.25) is 0 Å². The van der Waals surface area contributed by atoms with Crippen LogP contribution >= 0.6 is 11.3 Å². The summed E-state index contributed by atoms with van der Waals surface area (Å²) in [5, 5.41) is 13.2. The molecule has 84 valence electrons. The van der Waals surface area contributed by atoms with E-state index in [1.54, 1.807) is 0 Å². The lowest BCUT2D eigenvalue weighted by Crippen LogP contribution is -2.36. The van der Waals surface area contributed by atoms with Crippen LogP contribution in [0.1, 0.15) is 42.0 Å². The molecule has 0 spiro atoms. The first-order valence-electron chi connectivity index (χ1n) is 5.67. The van der Waals surface area contributed by atoms with Crippen molar-refractivity contribution in [3.63, 3.8) is 0 Å². The summed E-state index contributed by atoms with van der Waals surface area (Å²) in [7, 11) is 0. The summed E-state index contributed by atoms with van der Waals surface area (Å²) in [6, 6.07) is 4.99. The van der Waals surface area contributed by atoms with Crippen molar-refractivity contribution in [1.82, 2.24) is 5.32 Å². The zero-order chi connectivity index (χ0) is 10.8. The molecule has 0 aliphatic heterocycles. The molecule has 1 aromatic heterocycles. The fraction of sp³-hybridized carbons (Fsp3) is 0.667. The van der Waals surface area contributed by atoms with Gasteiger partial charge in [0.15, 0.2) is 0 Å². The Morgan fingerprint density at radius 1 is 1.47 bits per heavy atom. The highest BCUT2D eigenvalue weighted by molar-refractivity contribution is 7.12. The highest BCUT2D eigenvalue weighted by Gasteiger charge is 2.26. The number of aliphatic hydroxyl groups is 1. The second kappa shape index (κ2) is 4.64. The third-order valence-electron chi connectivity index (χ3n) is 3.13. The molecule has 0 bridgehead atoms. The summed E-state index contributed by atoms with van der Waals surface area (Å²) < 4.78 is 0. The van der Waals surface area contributed by atoms with Crippen LogP contribution in [0.25, 0.3) is 0 Å². The Labute approximate surface area is 95.3 Å². The lowest BCUT2D eigenvalue weighted by Gasteiger charge is -2.21. The predicted octanol–water partition coefficient (Wildman–Crippen LogP) is 2.62. The van der Waals surface area contributed by atoms with Gasteiger partial charge in [-0.2, -0.15) is 0 Å². The third-order valence-corrected chi connectivity index (χ3v) is 4.31. The van der Waals surface area contributed by atoms with Crippen LogP contribution in [-0.4, -0.2) is 17.3 Å². The topological polar surface area (TPSA) is 32.3 Å². The second-order valence-electron chi connectivity index (χ2n) is 4.44. The molecular weight excluding hydrogens is 206 g/mol. The fourth-order valence-electron chi connectivity index (χ4n) is 2.22. The van der Waals surface area contributed by atoms with Gasteiger partial charge in [0, 0.05) is 21.8 Å². The minimum Gasteiger partial charge on any atom is -0.392 e. The van der Waals surface area contributed by atoms with E-state index in [4.69, 9.17) is 0 Å². The summed E-state index contributed by atoms with van der Waals surface area (Å²) in [5.41, 5.74) is 0. The van der Waals surface area contributed by atoms with Crippen LogP contribution in [0, 0.1) is 6.92 Å². The van der Waals surface area contributed by atoms with E-state index in [-0.39, 0.29) is 6.10 Å². The molecule has 0 aromatic carbocycles. The van der Waals surface area contributed by atoms with E-state index in [2.05, 4.69) is 31.3 Å². The first-order valence-corrected chi connectivity index (χ1v) is 6.49. The lowest BCUT2D eigenvalue weighted by molar-refractivity contribution is 0.144. The number of rotatable bonds is 3. The van der Waals surface area contributed by atoms with Gasteiger partial charge in [0.1, 0.15) is 0 Å². The molecule has 3 atom stereocenters. The molecule has 1 aromatic rings. The molecule has 1 heterocycles. The van der Waals surface area contributed by atoms with Gasteiger partial charge in [-0.05, 0) is 45.2 Å². The normalized spacial score (nSPS) is 28.2. The molecule has 1 aliphatic rings. The van der Waals surface area contributed by atoms with Crippen molar-refractivity contribution < 1.29 is 5.11 Å². The minimum atomic E-state index is -0.145. The van der Waals surface area contributed by atoms with Crippen molar-refractivity contribution >= 4 is 11.3 Å². The molecule has 1 aliphatic carbocycles. The van der Waals surface area contributed by atoms with E-state index in [0.29, 0.717) is 12.1 Å². The quantitative estimate of drug-likeness (QED) is 0.829. The maximum absolute atomic E-state index is 9.73. The van der Waals surface area contributed by atoms with E-state index in [1.807, 2.05) is 11.3 Å². The van der Waals surface area contributed by atoms with E-state index in [9.17, 15) is 5.11 Å². The maximum Gasteiger partial charge on any atom is 0.0693 e. The Morgan fingerprint density at radius 2 is 2.27 bits per heavy atom. The molecule has 15 heavy (non-hydrogen) atoms. The van der Waals surface area contributed by atoms with Crippen LogP contribution in [-0.2, 0) is 0 Å². The minimum absolute atomic E-state index is 0.145. The molecule has 0 radical (unpaired) electrons. The standard InChI is InChI=1S/C12H19NOS/c1-8-6-7-12(15-8)9(2)13-10-4-3-5-11(10)14/h6-7,9-11,13-14H,3-5H2,1-2H3/t9?,10-,11-/m1/s1. The summed E-state index contributed by atoms with van der Waals surface area (Å²) in [5.74, 6) is 0. The van der Waals surface area contributed by atoms with Crippen molar-refractivity contribution in [2.75, 3.05) is 0 Å². The smallest absolute Gasteiger partial charge is 0.0693 e. The lowest BCUT2D eigenvalue weighted by atomic mass is 10.1. The van der Waals surface area contributed by atoms with Crippen molar-refractivity contribution in [2.24, 2.45) is 0 Å². The van der Waals surface area contributed by atoms with Gasteiger partial charge >= 0.3 is 0 Å². The van der Waals surface area contributed by atoms with Crippen LogP contribution in [0.5, 0.6) is 0 Å². The number of hydrogen-bond acceptors (Lipinski definition) is 3. The summed E-state index contributed by atoms with van der Waals surface area (Å²) >= 11 is 1.84. The van der Waals surface area contributed by atoms with Gasteiger partial charge < -0.3 is 10.4 Å². The SMILES string of the molecule is Cc1ccc(C(C)N[C@@H]2CCC[C@H]2O)s1. The monoisotopic (exact) mass is 225 g/mol. The van der Waals surface area contributed by atoms with Crippen molar-refractivity contribution in [3.05, 3.63) is 21.9 Å². The molecule has 1 saturated carbocycles. The highest BCUT2D eigenvalue weighted by atomic mass is 32.1. The molecule has 0 saturated heterocycles. The Kier molecular flexibility index (Phi) is 3.44. The Bertz CT molecular complexity index is 323. The average Bonchev–Trinajstić information content (AvgIpc) is 2.77. The zero-order valence-electron chi connectivity index (χ0n) is 9.36. The molecule has 1 unspecified atom stereocenters. The van der Waals surface area contributed by atoms with Gasteiger partial charge in [-0.1, -0.05) is 0 Å². The third kappa shape index (κ3) is 2.60. The number of aliphatic hydroxyl groups excluding tert-OH is 1. The van der Waals surface area contributed by atoms with Crippen LogP contribution < -0.4 is 5.32 Å². The van der Waals surface area contributed by atoms with Gasteiger partial charge in [0.25, 0.3) is 0 Å². The number of aryl methyl sites for hydroxylation is 1. The van der Waals surface area contributed by atoms with Crippen molar-refractivity contribution in [2.45, 2.75) is 51.3 Å². The molecule has 2 rings (SSSR count). The number of hydrogen-bond donors (Lipinski definition) is 2. The van der Waals surface area contributed by atoms with Gasteiger partial charge in [-0.15, -0.1) is 11.3 Å². The summed E-state index contributed by atoms with van der Waals surface area (Å²) in [4.78, 5) is 2.72. The molecule has 1 fully saturated rings. The van der Waals surface area contributed by atoms with Crippen LogP contribution in [0.15, 0.2) is 12.1 Å². The molecular formula is C12H19NOS. The Hall–Kier alpha value is -0.380. The first-order chi connectivity index (χ1) is 7.16. The largest absolute Gasteiger partial charge is 0.392 e. The summed E-state index contributed by atoms with van der Waals surface area (Å²) in [6.07, 6.45) is 3.06. The molecule has 0 amide bonds. The van der Waals surface area contributed by atoms with Crippen LogP contribution in [0.2, 0.25) is 0 Å². The van der Waals surface area contributed by atoms with Gasteiger partial charge in [-0.25, -0.2) is 0 Å². The molecule has 3 heteroatoms. The Morgan fingerprint density at radius 3 is 2.80 bits per heavy atom. The molecule has 2 nitrogen and oxygen atoms in total. The zero-order valence-corrected chi connectivity index (χ0v) is 10.2. The van der Waals surface area contributed by atoms with E-state index >= 15 is 0 Å². The van der Waals surface area contributed by atoms with Crippen molar-refractivity contribution in [3.8, 4) is 0 Å². The average molecular weight is 225 g/mol. The highest BCUT2D eigenvalue weighted by Crippen LogP contribution is 2.26. The Balaban J connectivity index is 1.94. The van der Waals surface area contributed by atoms with Crippen LogP contribution in [0.3, 0.4) is 0 Å². The van der Waals surface area contributed by atoms with Gasteiger partial charge in [-0.3, -0.25) is 0 Å². The van der Waals surface area contributed by atoms with E-state index in [1.165, 1.54) is 9.75 Å². The van der Waals surface area contributed by atoms with Gasteiger partial charge in [0.05, 0.1) is 6.10 Å². The second-order valence-corrected chi connectivity index (χ2v) is 5.76. The van der Waals surface area contributed by atoms with Crippen molar-refractivity contribution in [1.29, 1.82) is 0 Å².